The molecule has 0 aliphatic carbocycles. The molecule has 2 N–H and O–H groups in total. The summed E-state index contributed by atoms with van der Waals surface area (Å²) in [6.07, 6.45) is 1.59. The molecule has 0 bridgehead atoms. The standard InChI is InChI=1S/C12H15N3O/c1-15(2)11-5-3-9(4-6-11)12-10(7-13)8-16-14-12/h3-6,8H,7,13H2,1-2H3. The smallest absolute Gasteiger partial charge is 0.128 e. The molecule has 16 heavy (non-hydrogen) atoms. The van der Waals surface area contributed by atoms with Crippen LogP contribution in [0.2, 0.25) is 0 Å². The lowest BCUT2D eigenvalue weighted by Gasteiger charge is -2.12. The first-order valence-electron chi connectivity index (χ1n) is 5.13. The number of hydrogen-bond donors (Lipinski definition) is 1. The van der Waals surface area contributed by atoms with Crippen molar-refractivity contribution in [3.8, 4) is 11.3 Å². The predicted octanol–water partition coefficient (Wildman–Crippen LogP) is 1.87. The summed E-state index contributed by atoms with van der Waals surface area (Å²) in [5, 5.41) is 3.96. The summed E-state index contributed by atoms with van der Waals surface area (Å²) in [6.45, 7) is 0.439. The van der Waals surface area contributed by atoms with Crippen LogP contribution in [0.4, 0.5) is 5.69 Å². The maximum atomic E-state index is 5.60. The van der Waals surface area contributed by atoms with Gasteiger partial charge in [0.05, 0.1) is 0 Å². The van der Waals surface area contributed by atoms with Crippen LogP contribution < -0.4 is 10.6 Å². The molecule has 0 fully saturated rings. The highest BCUT2D eigenvalue weighted by atomic mass is 16.5. The van der Waals surface area contributed by atoms with E-state index in [1.807, 2.05) is 38.4 Å². The highest BCUT2D eigenvalue weighted by Crippen LogP contribution is 2.24. The molecule has 0 spiro atoms. The van der Waals surface area contributed by atoms with Crippen LogP contribution in [0.25, 0.3) is 11.3 Å². The Morgan fingerprint density at radius 1 is 1.25 bits per heavy atom. The van der Waals surface area contributed by atoms with Gasteiger partial charge in [0.25, 0.3) is 0 Å². The number of anilines is 1. The molecule has 1 heterocycles. The van der Waals surface area contributed by atoms with Crippen LogP contribution in [-0.4, -0.2) is 19.3 Å². The van der Waals surface area contributed by atoms with Gasteiger partial charge in [-0.05, 0) is 12.1 Å². The van der Waals surface area contributed by atoms with Gasteiger partial charge in [0, 0.05) is 37.5 Å². The molecule has 4 nitrogen and oxygen atoms in total. The molecule has 2 rings (SSSR count). The predicted molar refractivity (Wildman–Crippen MR) is 64.2 cm³/mol. The maximum absolute atomic E-state index is 5.60. The van der Waals surface area contributed by atoms with Crippen LogP contribution in [0.5, 0.6) is 0 Å². The number of nitrogens with two attached hydrogens (primary N) is 1. The molecule has 0 atom stereocenters. The van der Waals surface area contributed by atoms with Crippen molar-refractivity contribution in [3.05, 3.63) is 36.1 Å². The minimum atomic E-state index is 0.439. The Labute approximate surface area is 94.6 Å². The Kier molecular flexibility index (Phi) is 2.92. The van der Waals surface area contributed by atoms with Crippen molar-refractivity contribution >= 4 is 5.69 Å². The molecule has 0 amide bonds. The van der Waals surface area contributed by atoms with E-state index in [-0.39, 0.29) is 0 Å². The van der Waals surface area contributed by atoms with E-state index < -0.39 is 0 Å². The molecule has 0 aliphatic rings. The largest absolute Gasteiger partial charge is 0.378 e. The zero-order valence-corrected chi connectivity index (χ0v) is 9.47. The van der Waals surface area contributed by atoms with Crippen molar-refractivity contribution in [1.82, 2.24) is 5.16 Å². The fourth-order valence-electron chi connectivity index (χ4n) is 1.56. The van der Waals surface area contributed by atoms with Gasteiger partial charge in [0.2, 0.25) is 0 Å². The van der Waals surface area contributed by atoms with Crippen molar-refractivity contribution < 1.29 is 4.52 Å². The molecule has 0 saturated heterocycles. The Bertz CT molecular complexity index is 459. The summed E-state index contributed by atoms with van der Waals surface area (Å²) in [5.74, 6) is 0. The zero-order chi connectivity index (χ0) is 11.5. The normalized spacial score (nSPS) is 10.4. The van der Waals surface area contributed by atoms with Gasteiger partial charge in [0.1, 0.15) is 12.0 Å². The van der Waals surface area contributed by atoms with Crippen LogP contribution >= 0.6 is 0 Å². The lowest BCUT2D eigenvalue weighted by molar-refractivity contribution is 0.421. The van der Waals surface area contributed by atoms with E-state index in [9.17, 15) is 0 Å². The van der Waals surface area contributed by atoms with E-state index in [1.165, 1.54) is 0 Å². The first-order valence-corrected chi connectivity index (χ1v) is 5.13. The van der Waals surface area contributed by atoms with Gasteiger partial charge in [-0.25, -0.2) is 0 Å². The third kappa shape index (κ3) is 1.92. The van der Waals surface area contributed by atoms with Crippen molar-refractivity contribution in [3.63, 3.8) is 0 Å². The first-order chi connectivity index (χ1) is 7.72. The third-order valence-corrected chi connectivity index (χ3v) is 2.52. The second kappa shape index (κ2) is 4.37. The Hall–Kier alpha value is -1.81. The van der Waals surface area contributed by atoms with E-state index in [0.29, 0.717) is 6.54 Å². The van der Waals surface area contributed by atoms with Crippen LogP contribution in [0, 0.1) is 0 Å². The summed E-state index contributed by atoms with van der Waals surface area (Å²) >= 11 is 0. The average Bonchev–Trinajstić information content (AvgIpc) is 2.77. The quantitative estimate of drug-likeness (QED) is 0.852. The monoisotopic (exact) mass is 217 g/mol. The fourth-order valence-corrected chi connectivity index (χ4v) is 1.56. The molecule has 0 radical (unpaired) electrons. The second-order valence-electron chi connectivity index (χ2n) is 3.83. The van der Waals surface area contributed by atoms with Gasteiger partial charge < -0.3 is 15.2 Å². The van der Waals surface area contributed by atoms with Crippen molar-refractivity contribution in [2.45, 2.75) is 6.54 Å². The molecular weight excluding hydrogens is 202 g/mol. The van der Waals surface area contributed by atoms with Gasteiger partial charge in [0.15, 0.2) is 0 Å². The van der Waals surface area contributed by atoms with E-state index in [4.69, 9.17) is 10.3 Å². The van der Waals surface area contributed by atoms with E-state index >= 15 is 0 Å². The highest BCUT2D eigenvalue weighted by molar-refractivity contribution is 5.65. The summed E-state index contributed by atoms with van der Waals surface area (Å²) < 4.78 is 4.93. The topological polar surface area (TPSA) is 55.3 Å². The molecule has 4 heteroatoms. The lowest BCUT2D eigenvalue weighted by atomic mass is 10.1. The van der Waals surface area contributed by atoms with Crippen LogP contribution in [0.3, 0.4) is 0 Å². The number of aromatic nitrogens is 1. The summed E-state index contributed by atoms with van der Waals surface area (Å²) in [6, 6.07) is 8.13. The Balaban J connectivity index is 2.35. The molecule has 84 valence electrons. The third-order valence-electron chi connectivity index (χ3n) is 2.52. The molecule has 0 saturated carbocycles. The van der Waals surface area contributed by atoms with Crippen molar-refractivity contribution in [1.29, 1.82) is 0 Å². The summed E-state index contributed by atoms with van der Waals surface area (Å²) in [5.41, 5.74) is 9.54. The molecule has 0 unspecified atom stereocenters. The minimum absolute atomic E-state index is 0.439. The SMILES string of the molecule is CN(C)c1ccc(-c2nocc2CN)cc1. The van der Waals surface area contributed by atoms with Crippen molar-refractivity contribution in [2.75, 3.05) is 19.0 Å². The first kappa shape index (κ1) is 10.7. The Morgan fingerprint density at radius 2 is 1.94 bits per heavy atom. The lowest BCUT2D eigenvalue weighted by Crippen LogP contribution is -2.08. The van der Waals surface area contributed by atoms with Crippen LogP contribution in [0.15, 0.2) is 35.1 Å². The van der Waals surface area contributed by atoms with Gasteiger partial charge in [-0.15, -0.1) is 0 Å². The van der Waals surface area contributed by atoms with E-state index in [1.54, 1.807) is 6.26 Å². The molecule has 0 aliphatic heterocycles. The van der Waals surface area contributed by atoms with Gasteiger partial charge in [-0.3, -0.25) is 0 Å². The Morgan fingerprint density at radius 3 is 2.50 bits per heavy atom. The van der Waals surface area contributed by atoms with Gasteiger partial charge in [-0.2, -0.15) is 0 Å². The van der Waals surface area contributed by atoms with Crippen LogP contribution in [-0.2, 0) is 6.54 Å². The van der Waals surface area contributed by atoms with Gasteiger partial charge in [-0.1, -0.05) is 17.3 Å². The second-order valence-corrected chi connectivity index (χ2v) is 3.83. The number of rotatable bonds is 3. The molecule has 1 aromatic carbocycles. The molecule has 1 aromatic heterocycles. The molecular formula is C12H15N3O. The van der Waals surface area contributed by atoms with Crippen LogP contribution in [0.1, 0.15) is 5.56 Å². The fraction of sp³-hybridized carbons (Fsp3) is 0.250. The maximum Gasteiger partial charge on any atom is 0.128 e. The van der Waals surface area contributed by atoms with Gasteiger partial charge >= 0.3 is 0 Å². The summed E-state index contributed by atoms with van der Waals surface area (Å²) in [7, 11) is 4.02. The minimum Gasteiger partial charge on any atom is -0.378 e. The number of nitrogens with zero attached hydrogens (tertiary/aromatic N) is 2. The number of benzene rings is 1. The van der Waals surface area contributed by atoms with Crippen molar-refractivity contribution in [2.24, 2.45) is 5.73 Å². The molecule has 2 aromatic rings. The van der Waals surface area contributed by atoms with E-state index in [2.05, 4.69) is 10.1 Å². The summed E-state index contributed by atoms with van der Waals surface area (Å²) in [4.78, 5) is 2.05. The highest BCUT2D eigenvalue weighted by Gasteiger charge is 2.08. The zero-order valence-electron chi connectivity index (χ0n) is 9.47. The van der Waals surface area contributed by atoms with E-state index in [0.717, 1.165) is 22.5 Å². The number of hydrogen-bond acceptors (Lipinski definition) is 4. The average molecular weight is 217 g/mol.